The van der Waals surface area contributed by atoms with Crippen molar-refractivity contribution in [1.82, 2.24) is 0 Å². The van der Waals surface area contributed by atoms with E-state index in [-0.39, 0.29) is 0 Å². The summed E-state index contributed by atoms with van der Waals surface area (Å²) < 4.78 is 10.3. The lowest BCUT2D eigenvalue weighted by molar-refractivity contribution is 0.0552. The summed E-state index contributed by atoms with van der Waals surface area (Å²) in [6.45, 7) is 8.60. The zero-order valence-electron chi connectivity index (χ0n) is 20.1. The van der Waals surface area contributed by atoms with E-state index in [0.717, 1.165) is 56.1 Å². The van der Waals surface area contributed by atoms with Crippen LogP contribution in [0.15, 0.2) is 0 Å². The fraction of sp³-hybridized carbons (Fsp3) is 0.692. The molecule has 0 aliphatic rings. The molecule has 1 aromatic carbocycles. The van der Waals surface area contributed by atoms with E-state index in [4.69, 9.17) is 9.47 Å². The van der Waals surface area contributed by atoms with E-state index in [0.29, 0.717) is 17.5 Å². The van der Waals surface area contributed by atoms with Gasteiger partial charge >= 0.3 is 11.9 Å². The van der Waals surface area contributed by atoms with Crippen LogP contribution in [-0.2, 0) is 35.2 Å². The molecule has 0 N–H and O–H groups in total. The maximum atomic E-state index is 12.9. The van der Waals surface area contributed by atoms with Crippen LogP contribution in [0.4, 0.5) is 0 Å². The second kappa shape index (κ2) is 14.2. The molecular formula is C26H42O4. The Morgan fingerprint density at radius 3 is 1.40 bits per heavy atom. The van der Waals surface area contributed by atoms with Gasteiger partial charge in [-0.1, -0.05) is 66.2 Å². The minimum atomic E-state index is -0.436. The van der Waals surface area contributed by atoms with Crippen molar-refractivity contribution >= 4 is 11.9 Å². The highest BCUT2D eigenvalue weighted by molar-refractivity contribution is 6.06. The third kappa shape index (κ3) is 6.58. The molecule has 1 aromatic rings. The van der Waals surface area contributed by atoms with Crippen LogP contribution in [-0.4, -0.2) is 26.2 Å². The number of esters is 2. The minimum Gasteiger partial charge on any atom is -0.465 e. The molecule has 0 atom stereocenters. The van der Waals surface area contributed by atoms with E-state index in [1.165, 1.54) is 51.0 Å². The number of hydrogen-bond acceptors (Lipinski definition) is 4. The van der Waals surface area contributed by atoms with Crippen LogP contribution in [0.2, 0.25) is 0 Å². The lowest BCUT2D eigenvalue weighted by Crippen LogP contribution is -2.21. The molecule has 1 rings (SSSR count). The van der Waals surface area contributed by atoms with Gasteiger partial charge in [0.05, 0.1) is 25.3 Å². The molecule has 0 aromatic heterocycles. The first kappa shape index (κ1) is 26.2. The Balaban J connectivity index is 3.70. The largest absolute Gasteiger partial charge is 0.465 e. The van der Waals surface area contributed by atoms with E-state index in [1.807, 2.05) is 6.92 Å². The van der Waals surface area contributed by atoms with Gasteiger partial charge in [0.2, 0.25) is 0 Å². The number of carbonyl (C=O) groups excluding carboxylic acids is 2. The number of ether oxygens (including phenoxy) is 2. The first-order valence-corrected chi connectivity index (χ1v) is 11.9. The summed E-state index contributed by atoms with van der Waals surface area (Å²) in [5.41, 5.74) is 5.34. The van der Waals surface area contributed by atoms with Crippen molar-refractivity contribution in [3.8, 4) is 0 Å². The Labute approximate surface area is 183 Å². The molecule has 0 heterocycles. The average Bonchev–Trinajstić information content (AvgIpc) is 2.77. The number of hydrogen-bond donors (Lipinski definition) is 0. The Morgan fingerprint density at radius 1 is 0.567 bits per heavy atom. The van der Waals surface area contributed by atoms with Gasteiger partial charge in [0, 0.05) is 0 Å². The van der Waals surface area contributed by atoms with Crippen molar-refractivity contribution in [3.05, 3.63) is 33.4 Å². The summed E-state index contributed by atoms with van der Waals surface area (Å²) in [5, 5.41) is 0. The maximum absolute atomic E-state index is 12.9. The predicted octanol–water partition coefficient (Wildman–Crippen LogP) is 6.63. The van der Waals surface area contributed by atoms with Gasteiger partial charge < -0.3 is 9.47 Å². The van der Waals surface area contributed by atoms with Crippen LogP contribution in [0, 0.1) is 0 Å². The first-order chi connectivity index (χ1) is 14.5. The van der Waals surface area contributed by atoms with E-state index in [9.17, 15) is 9.59 Å². The zero-order chi connectivity index (χ0) is 22.5. The number of rotatable bonds is 14. The zero-order valence-corrected chi connectivity index (χ0v) is 20.1. The quantitative estimate of drug-likeness (QED) is 0.251. The summed E-state index contributed by atoms with van der Waals surface area (Å²) >= 11 is 0. The highest BCUT2D eigenvalue weighted by atomic mass is 16.5. The molecule has 0 spiro atoms. The Morgan fingerprint density at radius 2 is 1.00 bits per heavy atom. The van der Waals surface area contributed by atoms with E-state index >= 15 is 0 Å². The normalized spacial score (nSPS) is 10.9. The van der Waals surface area contributed by atoms with E-state index < -0.39 is 11.9 Å². The third-order valence-corrected chi connectivity index (χ3v) is 5.99. The maximum Gasteiger partial charge on any atom is 0.339 e. The number of benzene rings is 1. The van der Waals surface area contributed by atoms with Crippen molar-refractivity contribution < 1.29 is 19.1 Å². The molecule has 4 nitrogen and oxygen atoms in total. The van der Waals surface area contributed by atoms with Crippen LogP contribution < -0.4 is 0 Å². The SMILES string of the molecule is CCCCCCc1c(CC)c(CC)c(C(=O)OC)c(C(=O)OC)c1CCCCCC. The fourth-order valence-electron chi connectivity index (χ4n) is 4.47. The molecular weight excluding hydrogens is 376 g/mol. The molecule has 0 unspecified atom stereocenters. The van der Waals surface area contributed by atoms with Gasteiger partial charge in [-0.15, -0.1) is 0 Å². The van der Waals surface area contributed by atoms with Gasteiger partial charge in [0.1, 0.15) is 0 Å². The van der Waals surface area contributed by atoms with Gasteiger partial charge in [-0.25, -0.2) is 9.59 Å². The predicted molar refractivity (Wildman–Crippen MR) is 124 cm³/mol. The lowest BCUT2D eigenvalue weighted by atomic mass is 9.80. The van der Waals surface area contributed by atoms with Gasteiger partial charge in [-0.2, -0.15) is 0 Å². The average molecular weight is 419 g/mol. The summed E-state index contributed by atoms with van der Waals surface area (Å²) in [6, 6.07) is 0. The number of unbranched alkanes of at least 4 members (excludes halogenated alkanes) is 6. The number of methoxy groups -OCH3 is 2. The van der Waals surface area contributed by atoms with Gasteiger partial charge in [-0.05, 0) is 60.8 Å². The van der Waals surface area contributed by atoms with Crippen LogP contribution in [0.3, 0.4) is 0 Å². The lowest BCUT2D eigenvalue weighted by Gasteiger charge is -2.24. The van der Waals surface area contributed by atoms with Gasteiger partial charge in [0.15, 0.2) is 0 Å². The highest BCUT2D eigenvalue weighted by Gasteiger charge is 2.30. The van der Waals surface area contributed by atoms with Crippen LogP contribution in [0.25, 0.3) is 0 Å². The monoisotopic (exact) mass is 418 g/mol. The summed E-state index contributed by atoms with van der Waals surface area (Å²) in [4.78, 5) is 25.7. The second-order valence-electron chi connectivity index (χ2n) is 7.98. The van der Waals surface area contributed by atoms with Crippen molar-refractivity contribution in [3.63, 3.8) is 0 Å². The van der Waals surface area contributed by atoms with Gasteiger partial charge in [-0.3, -0.25) is 0 Å². The topological polar surface area (TPSA) is 52.6 Å². The van der Waals surface area contributed by atoms with Crippen LogP contribution in [0.5, 0.6) is 0 Å². The smallest absolute Gasteiger partial charge is 0.339 e. The summed E-state index contributed by atoms with van der Waals surface area (Å²) in [6.07, 6.45) is 12.5. The fourth-order valence-corrected chi connectivity index (χ4v) is 4.47. The molecule has 0 aliphatic heterocycles. The van der Waals surface area contributed by atoms with E-state index in [1.54, 1.807) is 0 Å². The Kier molecular flexibility index (Phi) is 12.4. The molecule has 0 radical (unpaired) electrons. The Hall–Kier alpha value is -1.84. The standard InChI is InChI=1S/C26H42O4/c1-7-11-13-15-17-21-19(9-3)20(10-4)23(25(27)29-5)24(26(28)30-6)22(21)18-16-14-12-8-2/h7-18H2,1-6H3. The second-order valence-corrected chi connectivity index (χ2v) is 7.98. The van der Waals surface area contributed by atoms with Gasteiger partial charge in [0.25, 0.3) is 0 Å². The molecule has 0 saturated carbocycles. The molecule has 0 saturated heterocycles. The molecule has 0 aliphatic carbocycles. The van der Waals surface area contributed by atoms with Crippen molar-refractivity contribution in [1.29, 1.82) is 0 Å². The molecule has 0 bridgehead atoms. The summed E-state index contributed by atoms with van der Waals surface area (Å²) in [5.74, 6) is -0.859. The minimum absolute atomic E-state index is 0.423. The van der Waals surface area contributed by atoms with Crippen LogP contribution in [0.1, 0.15) is 122 Å². The Bertz CT molecular complexity index is 691. The van der Waals surface area contributed by atoms with Crippen molar-refractivity contribution in [2.24, 2.45) is 0 Å². The molecule has 30 heavy (non-hydrogen) atoms. The van der Waals surface area contributed by atoms with Crippen LogP contribution >= 0.6 is 0 Å². The molecule has 0 fully saturated rings. The molecule has 4 heteroatoms. The highest BCUT2D eigenvalue weighted by Crippen LogP contribution is 2.33. The number of carbonyl (C=O) groups is 2. The van der Waals surface area contributed by atoms with E-state index in [2.05, 4.69) is 20.8 Å². The third-order valence-electron chi connectivity index (χ3n) is 5.99. The van der Waals surface area contributed by atoms with Crippen molar-refractivity contribution in [2.45, 2.75) is 105 Å². The molecule has 170 valence electrons. The van der Waals surface area contributed by atoms with Crippen molar-refractivity contribution in [2.75, 3.05) is 14.2 Å². The first-order valence-electron chi connectivity index (χ1n) is 11.9. The summed E-state index contributed by atoms with van der Waals surface area (Å²) in [7, 11) is 2.78. The molecule has 0 amide bonds.